The molecule has 1 aliphatic rings. The number of carbonyl (C=O) groups excluding carboxylic acids is 1. The number of phenolic OH excluding ortho intramolecular Hbond substituents is 1. The van der Waals surface area contributed by atoms with Crippen LogP contribution in [0.1, 0.15) is 32.8 Å². The van der Waals surface area contributed by atoms with Crippen LogP contribution in [0.25, 0.3) is 16.7 Å². The van der Waals surface area contributed by atoms with Gasteiger partial charge in [-0.2, -0.15) is 0 Å². The summed E-state index contributed by atoms with van der Waals surface area (Å²) in [5.74, 6) is 0.245. The Hall–Kier alpha value is -2.82. The predicted molar refractivity (Wildman–Crippen MR) is 102 cm³/mol. The highest BCUT2D eigenvalue weighted by Gasteiger charge is 2.24. The molecule has 5 heteroatoms. The molecule has 0 radical (unpaired) electrons. The Morgan fingerprint density at radius 2 is 1.81 bits per heavy atom. The van der Waals surface area contributed by atoms with Gasteiger partial charge in [-0.05, 0) is 62.1 Å². The van der Waals surface area contributed by atoms with Gasteiger partial charge in [0.2, 0.25) is 0 Å². The highest BCUT2D eigenvalue weighted by atomic mass is 16.6. The van der Waals surface area contributed by atoms with E-state index in [1.54, 1.807) is 17.0 Å². The van der Waals surface area contributed by atoms with Gasteiger partial charge in [0, 0.05) is 31.0 Å². The highest BCUT2D eigenvalue weighted by Crippen LogP contribution is 2.27. The van der Waals surface area contributed by atoms with E-state index < -0.39 is 5.60 Å². The maximum Gasteiger partial charge on any atom is 0.410 e. The van der Waals surface area contributed by atoms with E-state index in [2.05, 4.69) is 17.1 Å². The summed E-state index contributed by atoms with van der Waals surface area (Å²) in [6.45, 7) is 6.78. The number of aromatic hydroxyl groups is 1. The van der Waals surface area contributed by atoms with Gasteiger partial charge in [0.15, 0.2) is 0 Å². The van der Waals surface area contributed by atoms with E-state index in [0.29, 0.717) is 13.1 Å². The molecule has 1 aliphatic heterocycles. The second-order valence-corrected chi connectivity index (χ2v) is 7.41. The van der Waals surface area contributed by atoms with Crippen LogP contribution in [0.5, 0.6) is 5.75 Å². The second kappa shape index (κ2) is 7.20. The zero-order valence-electron chi connectivity index (χ0n) is 15.4. The number of carbonyl (C=O) groups is 1. The Morgan fingerprint density at radius 3 is 2.42 bits per heavy atom. The Balaban J connectivity index is 1.73. The molecule has 26 heavy (non-hydrogen) atoms. The van der Waals surface area contributed by atoms with Crippen LogP contribution in [0.2, 0.25) is 0 Å². The summed E-state index contributed by atoms with van der Waals surface area (Å²) in [6, 6.07) is 9.17. The molecule has 136 valence electrons. The highest BCUT2D eigenvalue weighted by molar-refractivity contribution is 5.75. The molecule has 0 fully saturated rings. The van der Waals surface area contributed by atoms with Crippen molar-refractivity contribution in [2.75, 3.05) is 13.1 Å². The van der Waals surface area contributed by atoms with Crippen molar-refractivity contribution in [2.45, 2.75) is 32.8 Å². The lowest BCUT2D eigenvalue weighted by Crippen LogP contribution is -2.39. The molecule has 0 saturated heterocycles. The van der Waals surface area contributed by atoms with E-state index in [9.17, 15) is 9.90 Å². The first-order valence-electron chi connectivity index (χ1n) is 8.73. The molecule has 1 aromatic carbocycles. The lowest BCUT2D eigenvalue weighted by atomic mass is 9.98. The zero-order valence-corrected chi connectivity index (χ0v) is 15.4. The normalized spacial score (nSPS) is 14.7. The third kappa shape index (κ3) is 4.42. The van der Waals surface area contributed by atoms with Crippen molar-refractivity contribution in [1.29, 1.82) is 0 Å². The number of ether oxygens (including phenoxy) is 1. The standard InChI is InChI=1S/C21H24N2O3/c1-21(2,3)26-20(25)23-10-8-16(9-11-23)18-12-17(13-22-14-18)15-4-6-19(24)7-5-15/h4-8,12-14,24H,9-11H2,1-3H3. The van der Waals surface area contributed by atoms with Crippen LogP contribution in [0.3, 0.4) is 0 Å². The molecule has 2 aromatic rings. The van der Waals surface area contributed by atoms with Crippen molar-refractivity contribution in [3.63, 3.8) is 0 Å². The van der Waals surface area contributed by atoms with Gasteiger partial charge in [-0.15, -0.1) is 0 Å². The molecular formula is C21H24N2O3. The minimum absolute atomic E-state index is 0.245. The number of pyridine rings is 1. The van der Waals surface area contributed by atoms with Crippen LogP contribution in [0, 0.1) is 0 Å². The molecule has 2 heterocycles. The van der Waals surface area contributed by atoms with Crippen LogP contribution in [0.4, 0.5) is 4.79 Å². The molecule has 5 nitrogen and oxygen atoms in total. The third-order valence-electron chi connectivity index (χ3n) is 4.17. The van der Waals surface area contributed by atoms with Gasteiger partial charge in [0.05, 0.1) is 0 Å². The van der Waals surface area contributed by atoms with Gasteiger partial charge in [0.25, 0.3) is 0 Å². The number of aromatic nitrogens is 1. The summed E-state index contributed by atoms with van der Waals surface area (Å²) in [4.78, 5) is 18.2. The van der Waals surface area contributed by atoms with Gasteiger partial charge in [-0.25, -0.2) is 4.79 Å². The number of hydrogen-bond acceptors (Lipinski definition) is 4. The monoisotopic (exact) mass is 352 g/mol. The van der Waals surface area contributed by atoms with Gasteiger partial charge in [-0.1, -0.05) is 18.2 Å². The number of phenols is 1. The minimum Gasteiger partial charge on any atom is -0.508 e. The Morgan fingerprint density at radius 1 is 1.12 bits per heavy atom. The predicted octanol–water partition coefficient (Wildman–Crippen LogP) is 4.48. The molecule has 3 rings (SSSR count). The van der Waals surface area contributed by atoms with E-state index in [4.69, 9.17) is 4.74 Å². The SMILES string of the molecule is CC(C)(C)OC(=O)N1CC=C(c2cncc(-c3ccc(O)cc3)c2)CC1. The average molecular weight is 352 g/mol. The molecule has 0 unspecified atom stereocenters. The smallest absolute Gasteiger partial charge is 0.410 e. The molecule has 0 saturated carbocycles. The van der Waals surface area contributed by atoms with Gasteiger partial charge < -0.3 is 14.7 Å². The Bertz CT molecular complexity index is 820. The van der Waals surface area contributed by atoms with Crippen molar-refractivity contribution in [3.8, 4) is 16.9 Å². The fourth-order valence-corrected chi connectivity index (χ4v) is 2.85. The number of amides is 1. The lowest BCUT2D eigenvalue weighted by Gasteiger charge is -2.29. The second-order valence-electron chi connectivity index (χ2n) is 7.41. The number of hydrogen-bond donors (Lipinski definition) is 1. The fourth-order valence-electron chi connectivity index (χ4n) is 2.85. The molecule has 1 amide bonds. The average Bonchev–Trinajstić information content (AvgIpc) is 2.61. The summed E-state index contributed by atoms with van der Waals surface area (Å²) in [7, 11) is 0. The van der Waals surface area contributed by atoms with Crippen molar-refractivity contribution in [3.05, 3.63) is 54.4 Å². The van der Waals surface area contributed by atoms with E-state index in [-0.39, 0.29) is 11.8 Å². The number of rotatable bonds is 2. The van der Waals surface area contributed by atoms with E-state index in [0.717, 1.165) is 23.1 Å². The van der Waals surface area contributed by atoms with Crippen LogP contribution in [0.15, 0.2) is 48.8 Å². The molecule has 0 aliphatic carbocycles. The van der Waals surface area contributed by atoms with Crippen molar-refractivity contribution in [1.82, 2.24) is 9.88 Å². The van der Waals surface area contributed by atoms with E-state index >= 15 is 0 Å². The number of nitrogens with zero attached hydrogens (tertiary/aromatic N) is 2. The lowest BCUT2D eigenvalue weighted by molar-refractivity contribution is 0.0270. The van der Waals surface area contributed by atoms with Gasteiger partial charge >= 0.3 is 6.09 Å². The van der Waals surface area contributed by atoms with Crippen molar-refractivity contribution < 1.29 is 14.6 Å². The number of benzene rings is 1. The quantitative estimate of drug-likeness (QED) is 0.866. The van der Waals surface area contributed by atoms with Crippen molar-refractivity contribution in [2.24, 2.45) is 0 Å². The molecule has 0 bridgehead atoms. The third-order valence-corrected chi connectivity index (χ3v) is 4.17. The summed E-state index contributed by atoms with van der Waals surface area (Å²) in [5, 5.41) is 9.44. The van der Waals surface area contributed by atoms with Gasteiger partial charge in [0.1, 0.15) is 11.4 Å². The van der Waals surface area contributed by atoms with Crippen LogP contribution < -0.4 is 0 Å². The van der Waals surface area contributed by atoms with E-state index in [1.807, 2.05) is 45.3 Å². The zero-order chi connectivity index (χ0) is 18.7. The first-order chi connectivity index (χ1) is 12.3. The Kier molecular flexibility index (Phi) is 4.98. The molecule has 0 spiro atoms. The fraction of sp³-hybridized carbons (Fsp3) is 0.333. The van der Waals surface area contributed by atoms with Crippen LogP contribution in [-0.4, -0.2) is 39.8 Å². The molecule has 1 N–H and O–H groups in total. The molecule has 1 aromatic heterocycles. The Labute approximate surface area is 153 Å². The van der Waals surface area contributed by atoms with Crippen molar-refractivity contribution >= 4 is 11.7 Å². The summed E-state index contributed by atoms with van der Waals surface area (Å²) in [5.41, 5.74) is 3.75. The summed E-state index contributed by atoms with van der Waals surface area (Å²) < 4.78 is 5.43. The topological polar surface area (TPSA) is 62.7 Å². The maximum absolute atomic E-state index is 12.2. The van der Waals surface area contributed by atoms with E-state index in [1.165, 1.54) is 5.57 Å². The summed E-state index contributed by atoms with van der Waals surface area (Å²) >= 11 is 0. The van der Waals surface area contributed by atoms with Gasteiger partial charge in [-0.3, -0.25) is 4.98 Å². The van der Waals surface area contributed by atoms with Crippen LogP contribution in [-0.2, 0) is 4.74 Å². The first-order valence-corrected chi connectivity index (χ1v) is 8.73. The first kappa shape index (κ1) is 18.0. The largest absolute Gasteiger partial charge is 0.508 e. The minimum atomic E-state index is -0.483. The van der Waals surface area contributed by atoms with Crippen LogP contribution >= 0.6 is 0 Å². The maximum atomic E-state index is 12.2. The molecule has 0 atom stereocenters. The molecular weight excluding hydrogens is 328 g/mol. The summed E-state index contributed by atoms with van der Waals surface area (Å²) in [6.07, 6.45) is 6.21.